The summed E-state index contributed by atoms with van der Waals surface area (Å²) in [6.45, 7) is 12.7. The predicted molar refractivity (Wildman–Crippen MR) is 205 cm³/mol. The van der Waals surface area contributed by atoms with E-state index in [0.29, 0.717) is 0 Å². The van der Waals surface area contributed by atoms with Crippen LogP contribution in [0.25, 0.3) is 11.4 Å². The van der Waals surface area contributed by atoms with Gasteiger partial charge in [-0.25, -0.2) is 9.98 Å². The number of rotatable bonds is 8. The lowest BCUT2D eigenvalue weighted by Gasteiger charge is -2.16. The van der Waals surface area contributed by atoms with Crippen molar-refractivity contribution in [2.45, 2.75) is 41.5 Å². The fourth-order valence-electron chi connectivity index (χ4n) is 5.59. The standard InChI is InChI=1S/C46H42N2/c1-31-7-19-37(20-8-31)43(38-21-9-32(2)10-22-38)47-45(41-27-15-35(5)16-28-41)46(42-29-17-36(6)18-30-42)48-44(39-23-11-33(3)12-24-39)40-25-13-34(4)14-26-40/h7-30H,1-6H3/b46-45+. The van der Waals surface area contributed by atoms with Crippen LogP contribution in [-0.2, 0) is 0 Å². The molecule has 0 amide bonds. The van der Waals surface area contributed by atoms with Crippen LogP contribution in [0, 0.1) is 41.5 Å². The summed E-state index contributed by atoms with van der Waals surface area (Å²) in [6.07, 6.45) is 0. The Morgan fingerprint density at radius 2 is 0.417 bits per heavy atom. The molecule has 6 rings (SSSR count). The molecular weight excluding hydrogens is 581 g/mol. The Bertz CT molecular complexity index is 1840. The molecule has 0 saturated heterocycles. The Balaban J connectivity index is 1.74. The average molecular weight is 623 g/mol. The molecule has 0 heterocycles. The van der Waals surface area contributed by atoms with Gasteiger partial charge in [0.25, 0.3) is 0 Å². The van der Waals surface area contributed by atoms with E-state index in [2.05, 4.69) is 187 Å². The van der Waals surface area contributed by atoms with Gasteiger partial charge >= 0.3 is 0 Å². The highest BCUT2D eigenvalue weighted by molar-refractivity contribution is 6.18. The van der Waals surface area contributed by atoms with E-state index >= 15 is 0 Å². The Morgan fingerprint density at radius 3 is 0.604 bits per heavy atom. The van der Waals surface area contributed by atoms with Crippen LogP contribution in [0.1, 0.15) is 66.8 Å². The van der Waals surface area contributed by atoms with Crippen LogP contribution in [0.5, 0.6) is 0 Å². The van der Waals surface area contributed by atoms with Crippen LogP contribution < -0.4 is 0 Å². The highest BCUT2D eigenvalue weighted by Gasteiger charge is 2.18. The minimum absolute atomic E-state index is 0.812. The molecule has 6 aromatic carbocycles. The maximum absolute atomic E-state index is 5.63. The third kappa shape index (κ3) is 7.67. The van der Waals surface area contributed by atoms with Gasteiger partial charge in [0.1, 0.15) is 0 Å². The fourth-order valence-corrected chi connectivity index (χ4v) is 5.59. The van der Waals surface area contributed by atoms with Crippen LogP contribution in [0.2, 0.25) is 0 Å². The Hall–Kier alpha value is -5.60. The van der Waals surface area contributed by atoms with E-state index in [4.69, 9.17) is 9.98 Å². The van der Waals surface area contributed by atoms with Gasteiger partial charge in [-0.1, -0.05) is 179 Å². The van der Waals surface area contributed by atoms with Gasteiger partial charge in [0.05, 0.1) is 22.8 Å². The lowest BCUT2D eigenvalue weighted by Crippen LogP contribution is -2.07. The van der Waals surface area contributed by atoms with Crippen LogP contribution >= 0.6 is 0 Å². The van der Waals surface area contributed by atoms with Crippen molar-refractivity contribution < 1.29 is 0 Å². The smallest absolute Gasteiger partial charge is 0.0972 e. The van der Waals surface area contributed by atoms with Gasteiger partial charge in [-0.05, 0) is 41.5 Å². The summed E-state index contributed by atoms with van der Waals surface area (Å²) < 4.78 is 0. The van der Waals surface area contributed by atoms with Crippen molar-refractivity contribution in [1.29, 1.82) is 0 Å². The number of aryl methyl sites for hydroxylation is 6. The van der Waals surface area contributed by atoms with E-state index < -0.39 is 0 Å². The van der Waals surface area contributed by atoms with Gasteiger partial charge < -0.3 is 0 Å². The second kappa shape index (κ2) is 14.4. The second-order valence-corrected chi connectivity index (χ2v) is 12.8. The van der Waals surface area contributed by atoms with Gasteiger partial charge in [-0.15, -0.1) is 0 Å². The average Bonchev–Trinajstić information content (AvgIpc) is 3.09. The molecule has 0 aliphatic carbocycles. The molecular formula is C46H42N2. The zero-order valence-electron chi connectivity index (χ0n) is 28.8. The van der Waals surface area contributed by atoms with E-state index in [-0.39, 0.29) is 0 Å². The lowest BCUT2D eigenvalue weighted by atomic mass is 9.97. The highest BCUT2D eigenvalue weighted by atomic mass is 14.9. The van der Waals surface area contributed by atoms with Crippen LogP contribution in [0.15, 0.2) is 156 Å². The third-order valence-electron chi connectivity index (χ3n) is 8.62. The van der Waals surface area contributed by atoms with Crippen molar-refractivity contribution in [3.63, 3.8) is 0 Å². The van der Waals surface area contributed by atoms with Gasteiger partial charge in [0.2, 0.25) is 0 Å². The maximum Gasteiger partial charge on any atom is 0.0972 e. The van der Waals surface area contributed by atoms with Crippen molar-refractivity contribution in [3.05, 3.63) is 212 Å². The summed E-state index contributed by atoms with van der Waals surface area (Å²) in [4.78, 5) is 11.3. The van der Waals surface area contributed by atoms with Crippen molar-refractivity contribution in [2.75, 3.05) is 0 Å². The first-order valence-corrected chi connectivity index (χ1v) is 16.6. The van der Waals surface area contributed by atoms with Gasteiger partial charge in [-0.2, -0.15) is 0 Å². The van der Waals surface area contributed by atoms with E-state index in [1.54, 1.807) is 0 Å². The van der Waals surface area contributed by atoms with Crippen LogP contribution in [-0.4, -0.2) is 11.4 Å². The Kier molecular flexibility index (Phi) is 9.73. The number of hydrogen-bond donors (Lipinski definition) is 0. The monoisotopic (exact) mass is 622 g/mol. The number of nitrogens with zero attached hydrogens (tertiary/aromatic N) is 2. The lowest BCUT2D eigenvalue weighted by molar-refractivity contribution is 1.37. The largest absolute Gasteiger partial charge is 0.245 e. The Morgan fingerprint density at radius 1 is 0.250 bits per heavy atom. The molecule has 0 saturated carbocycles. The number of benzene rings is 6. The molecule has 0 aliphatic rings. The molecule has 0 fully saturated rings. The Labute approximate surface area is 285 Å². The molecule has 0 atom stereocenters. The van der Waals surface area contributed by atoms with Gasteiger partial charge in [0.15, 0.2) is 0 Å². The van der Waals surface area contributed by atoms with Gasteiger partial charge in [0, 0.05) is 33.4 Å². The maximum atomic E-state index is 5.63. The van der Waals surface area contributed by atoms with Crippen LogP contribution in [0.3, 0.4) is 0 Å². The first kappa shape index (κ1) is 32.3. The second-order valence-electron chi connectivity index (χ2n) is 12.8. The third-order valence-corrected chi connectivity index (χ3v) is 8.62. The van der Waals surface area contributed by atoms with Crippen molar-refractivity contribution >= 4 is 22.8 Å². The normalized spacial score (nSPS) is 11.5. The zero-order valence-corrected chi connectivity index (χ0v) is 28.8. The fraction of sp³-hybridized carbons (Fsp3) is 0.130. The molecule has 0 unspecified atom stereocenters. The van der Waals surface area contributed by atoms with E-state index in [1.807, 2.05) is 0 Å². The minimum Gasteiger partial charge on any atom is -0.245 e. The SMILES string of the molecule is Cc1ccc(C(=N/C(=C(/N=C(c2ccc(C)cc2)c2ccc(C)cc2)c2ccc(C)cc2)c2ccc(C)cc2)c2ccc(C)cc2)cc1. The van der Waals surface area contributed by atoms with Crippen molar-refractivity contribution in [3.8, 4) is 0 Å². The molecule has 0 aliphatic heterocycles. The van der Waals surface area contributed by atoms with Crippen LogP contribution in [0.4, 0.5) is 0 Å². The summed E-state index contributed by atoms with van der Waals surface area (Å²) in [5.41, 5.74) is 16.9. The summed E-state index contributed by atoms with van der Waals surface area (Å²) in [5, 5.41) is 0. The molecule has 0 spiro atoms. The molecule has 0 radical (unpaired) electrons. The summed E-state index contributed by atoms with van der Waals surface area (Å²) in [5.74, 6) is 0. The number of aliphatic imine (C=N–C) groups is 2. The van der Waals surface area contributed by atoms with Crippen molar-refractivity contribution in [1.82, 2.24) is 0 Å². The zero-order chi connectivity index (χ0) is 33.6. The first-order valence-electron chi connectivity index (χ1n) is 16.6. The highest BCUT2D eigenvalue weighted by Crippen LogP contribution is 2.33. The molecule has 0 bridgehead atoms. The van der Waals surface area contributed by atoms with E-state index in [9.17, 15) is 0 Å². The molecule has 6 aromatic rings. The molecule has 0 N–H and O–H groups in total. The summed E-state index contributed by atoms with van der Waals surface area (Å²) >= 11 is 0. The van der Waals surface area contributed by atoms with E-state index in [1.165, 1.54) is 33.4 Å². The first-order chi connectivity index (χ1) is 23.2. The molecule has 2 nitrogen and oxygen atoms in total. The van der Waals surface area contributed by atoms with Crippen molar-refractivity contribution in [2.24, 2.45) is 9.98 Å². The van der Waals surface area contributed by atoms with E-state index in [0.717, 1.165) is 56.2 Å². The summed E-state index contributed by atoms with van der Waals surface area (Å²) in [7, 11) is 0. The van der Waals surface area contributed by atoms with Gasteiger partial charge in [-0.3, -0.25) is 0 Å². The quantitative estimate of drug-likeness (QED) is 0.119. The topological polar surface area (TPSA) is 24.7 Å². The number of hydrogen-bond acceptors (Lipinski definition) is 2. The molecule has 0 aromatic heterocycles. The molecule has 2 heteroatoms. The summed E-state index contributed by atoms with van der Waals surface area (Å²) in [6, 6.07) is 51.8. The minimum atomic E-state index is 0.812. The molecule has 236 valence electrons. The molecule has 48 heavy (non-hydrogen) atoms. The predicted octanol–water partition coefficient (Wildman–Crippen LogP) is 11.4.